The first-order valence-electron chi connectivity index (χ1n) is 7.48. The summed E-state index contributed by atoms with van der Waals surface area (Å²) in [6.07, 6.45) is 2.43. The first kappa shape index (κ1) is 14.9. The number of rotatable bonds is 4. The van der Waals surface area contributed by atoms with Crippen molar-refractivity contribution >= 4 is 0 Å². The van der Waals surface area contributed by atoms with Crippen molar-refractivity contribution in [3.8, 4) is 6.07 Å². The van der Waals surface area contributed by atoms with Gasteiger partial charge in [-0.15, -0.1) is 0 Å². The summed E-state index contributed by atoms with van der Waals surface area (Å²) in [5, 5.41) is 9.04. The smallest absolute Gasteiger partial charge is 0.285 e. The lowest BCUT2D eigenvalue weighted by molar-refractivity contribution is 0.0986. The van der Waals surface area contributed by atoms with E-state index < -0.39 is 0 Å². The molecule has 3 nitrogen and oxygen atoms in total. The average Bonchev–Trinajstić information content (AvgIpc) is 2.64. The van der Waals surface area contributed by atoms with E-state index in [2.05, 4.69) is 24.3 Å². The van der Waals surface area contributed by atoms with Gasteiger partial charge in [-0.05, 0) is 23.6 Å². The van der Waals surface area contributed by atoms with Crippen LogP contribution in [0.2, 0.25) is 0 Å². The van der Waals surface area contributed by atoms with Crippen molar-refractivity contribution in [3.05, 3.63) is 95.1 Å². The predicted octanol–water partition coefficient (Wildman–Crippen LogP) is 4.50. The van der Waals surface area contributed by atoms with Crippen LogP contribution in [0.3, 0.4) is 0 Å². The van der Waals surface area contributed by atoms with Crippen LogP contribution in [0.25, 0.3) is 0 Å². The third kappa shape index (κ3) is 3.12. The maximum atomic E-state index is 9.04. The van der Waals surface area contributed by atoms with E-state index in [1.54, 1.807) is 13.2 Å². The minimum Gasteiger partial charge on any atom is -0.468 e. The minimum atomic E-state index is 0.0313. The summed E-state index contributed by atoms with van der Waals surface area (Å²) in [6.45, 7) is 0. The molecule has 2 aromatic carbocycles. The third-order valence-corrected chi connectivity index (χ3v) is 3.88. The first-order chi connectivity index (χ1) is 11.3. The van der Waals surface area contributed by atoms with Crippen LogP contribution in [0.1, 0.15) is 23.5 Å². The fraction of sp³-hybridized carbons (Fsp3) is 0.150. The molecular formula is C20H17NO2. The molecule has 23 heavy (non-hydrogen) atoms. The Morgan fingerprint density at radius 2 is 1.57 bits per heavy atom. The molecule has 0 N–H and O–H groups in total. The van der Waals surface area contributed by atoms with Gasteiger partial charge >= 0.3 is 0 Å². The van der Waals surface area contributed by atoms with Gasteiger partial charge in [0.15, 0.2) is 0 Å². The Balaban J connectivity index is 2.10. The molecule has 1 aliphatic heterocycles. The molecular weight excluding hydrogens is 286 g/mol. The van der Waals surface area contributed by atoms with Gasteiger partial charge in [0.05, 0.1) is 7.11 Å². The van der Waals surface area contributed by atoms with Crippen molar-refractivity contribution in [3.63, 3.8) is 0 Å². The van der Waals surface area contributed by atoms with Gasteiger partial charge in [0.2, 0.25) is 5.76 Å². The molecule has 0 saturated heterocycles. The van der Waals surface area contributed by atoms with Gasteiger partial charge in [0.1, 0.15) is 6.07 Å². The molecule has 1 aliphatic rings. The molecule has 0 bridgehead atoms. The second-order valence-electron chi connectivity index (χ2n) is 5.26. The predicted molar refractivity (Wildman–Crippen MR) is 88.2 cm³/mol. The van der Waals surface area contributed by atoms with Gasteiger partial charge in [0.25, 0.3) is 5.95 Å². The highest BCUT2D eigenvalue weighted by Crippen LogP contribution is 2.38. The summed E-state index contributed by atoms with van der Waals surface area (Å²) >= 11 is 0. The monoisotopic (exact) mass is 303 g/mol. The molecule has 0 fully saturated rings. The van der Waals surface area contributed by atoms with Crippen LogP contribution < -0.4 is 0 Å². The van der Waals surface area contributed by atoms with Gasteiger partial charge in [-0.2, -0.15) is 5.26 Å². The van der Waals surface area contributed by atoms with E-state index in [1.807, 2.05) is 42.5 Å². The molecule has 0 aliphatic carbocycles. The topological polar surface area (TPSA) is 42.2 Å². The fourth-order valence-electron chi connectivity index (χ4n) is 2.86. The molecule has 3 rings (SSSR count). The van der Waals surface area contributed by atoms with Gasteiger partial charge < -0.3 is 9.47 Å². The number of nitrogens with zero attached hydrogens (tertiary/aromatic N) is 1. The molecule has 114 valence electrons. The molecule has 3 heteroatoms. The number of nitriles is 1. The van der Waals surface area contributed by atoms with Crippen LogP contribution >= 0.6 is 0 Å². The molecule has 2 aromatic rings. The van der Waals surface area contributed by atoms with Crippen molar-refractivity contribution in [1.82, 2.24) is 0 Å². The van der Waals surface area contributed by atoms with Crippen molar-refractivity contribution in [2.45, 2.75) is 12.3 Å². The Morgan fingerprint density at radius 1 is 1.00 bits per heavy atom. The Bertz CT molecular complexity index is 731. The zero-order chi connectivity index (χ0) is 16.1. The summed E-state index contributed by atoms with van der Waals surface area (Å²) in [5.74, 6) is 0.732. The largest absolute Gasteiger partial charge is 0.468 e. The standard InChI is InChI=1S/C20H17NO2/c1-22-20-18(13-12-17(14-21)23-20)19(15-8-4-2-5-9-15)16-10-6-3-7-11-16/h2-12,19H,13H2,1H3. The Kier molecular flexibility index (Phi) is 4.44. The van der Waals surface area contributed by atoms with E-state index in [9.17, 15) is 0 Å². The lowest BCUT2D eigenvalue weighted by Gasteiger charge is -2.25. The van der Waals surface area contributed by atoms with Gasteiger partial charge in [0, 0.05) is 11.5 Å². The molecule has 0 unspecified atom stereocenters. The van der Waals surface area contributed by atoms with E-state index >= 15 is 0 Å². The summed E-state index contributed by atoms with van der Waals surface area (Å²) in [6, 6.07) is 22.5. The lowest BCUT2D eigenvalue weighted by Crippen LogP contribution is -2.13. The highest BCUT2D eigenvalue weighted by molar-refractivity contribution is 5.43. The van der Waals surface area contributed by atoms with Crippen molar-refractivity contribution in [1.29, 1.82) is 5.26 Å². The van der Waals surface area contributed by atoms with Crippen LogP contribution in [0.5, 0.6) is 0 Å². The zero-order valence-electron chi connectivity index (χ0n) is 12.9. The number of ether oxygens (including phenoxy) is 2. The van der Waals surface area contributed by atoms with E-state index in [-0.39, 0.29) is 11.7 Å². The Hall–Kier alpha value is -2.99. The molecule has 1 heterocycles. The fourth-order valence-corrected chi connectivity index (χ4v) is 2.86. The van der Waals surface area contributed by atoms with Crippen LogP contribution in [0.15, 0.2) is 84.0 Å². The highest BCUT2D eigenvalue weighted by Gasteiger charge is 2.27. The second-order valence-corrected chi connectivity index (χ2v) is 5.26. The second kappa shape index (κ2) is 6.85. The average molecular weight is 303 g/mol. The van der Waals surface area contributed by atoms with Crippen LogP contribution in [-0.4, -0.2) is 7.11 Å². The Labute approximate surface area is 136 Å². The number of allylic oxidation sites excluding steroid dienone is 3. The van der Waals surface area contributed by atoms with E-state index in [0.717, 1.165) is 5.57 Å². The maximum Gasteiger partial charge on any atom is 0.285 e. The molecule has 0 atom stereocenters. The third-order valence-electron chi connectivity index (χ3n) is 3.88. The minimum absolute atomic E-state index is 0.0313. The lowest BCUT2D eigenvalue weighted by atomic mass is 9.83. The summed E-state index contributed by atoms with van der Waals surface area (Å²) in [5.41, 5.74) is 3.35. The number of benzene rings is 2. The quantitative estimate of drug-likeness (QED) is 0.835. The van der Waals surface area contributed by atoms with Crippen molar-refractivity contribution in [2.24, 2.45) is 0 Å². The van der Waals surface area contributed by atoms with Crippen LogP contribution in [0.4, 0.5) is 0 Å². The van der Waals surface area contributed by atoms with E-state index in [1.165, 1.54) is 11.1 Å². The van der Waals surface area contributed by atoms with Crippen molar-refractivity contribution in [2.75, 3.05) is 7.11 Å². The summed E-state index contributed by atoms with van der Waals surface area (Å²) in [4.78, 5) is 0. The molecule has 0 aromatic heterocycles. The molecule has 0 spiro atoms. The Morgan fingerprint density at radius 3 is 2.04 bits per heavy atom. The number of hydrogen-bond acceptors (Lipinski definition) is 3. The molecule has 0 amide bonds. The number of methoxy groups -OCH3 is 1. The molecule has 0 radical (unpaired) electrons. The van der Waals surface area contributed by atoms with E-state index in [0.29, 0.717) is 12.4 Å². The summed E-state index contributed by atoms with van der Waals surface area (Å²) < 4.78 is 11.0. The highest BCUT2D eigenvalue weighted by atomic mass is 16.7. The summed E-state index contributed by atoms with van der Waals surface area (Å²) in [7, 11) is 1.57. The van der Waals surface area contributed by atoms with Gasteiger partial charge in [-0.3, -0.25) is 0 Å². The molecule has 0 saturated carbocycles. The van der Waals surface area contributed by atoms with Gasteiger partial charge in [-0.1, -0.05) is 60.7 Å². The maximum absolute atomic E-state index is 9.04. The van der Waals surface area contributed by atoms with Crippen LogP contribution in [-0.2, 0) is 9.47 Å². The normalized spacial score (nSPS) is 14.0. The zero-order valence-corrected chi connectivity index (χ0v) is 12.9. The van der Waals surface area contributed by atoms with Crippen LogP contribution in [0, 0.1) is 11.3 Å². The first-order valence-corrected chi connectivity index (χ1v) is 7.48. The van der Waals surface area contributed by atoms with E-state index in [4.69, 9.17) is 14.7 Å². The SMILES string of the molecule is COC1=C(C(c2ccccc2)c2ccccc2)CC=C(C#N)O1. The van der Waals surface area contributed by atoms with Crippen molar-refractivity contribution < 1.29 is 9.47 Å². The van der Waals surface area contributed by atoms with Gasteiger partial charge in [-0.25, -0.2) is 0 Å². The number of hydrogen-bond donors (Lipinski definition) is 0.